The van der Waals surface area contributed by atoms with E-state index in [1.807, 2.05) is 27.7 Å². The minimum Gasteiger partial charge on any atom is -0.481 e. The Hall–Kier alpha value is -1.10. The normalized spacial score (nSPS) is 19.3. The first-order valence-corrected chi connectivity index (χ1v) is 6.85. The van der Waals surface area contributed by atoms with Gasteiger partial charge in [-0.15, -0.1) is 0 Å². The van der Waals surface area contributed by atoms with Gasteiger partial charge < -0.3 is 14.7 Å². The Kier molecular flexibility index (Phi) is 4.96. The van der Waals surface area contributed by atoms with E-state index in [-0.39, 0.29) is 18.1 Å². The monoisotopic (exact) mass is 271 g/mol. The average Bonchev–Trinajstić information content (AvgIpc) is 2.35. The minimum atomic E-state index is -0.743. The maximum absolute atomic E-state index is 12.0. The Balaban J connectivity index is 2.49. The Morgan fingerprint density at radius 1 is 1.26 bits per heavy atom. The van der Waals surface area contributed by atoms with Gasteiger partial charge in [-0.25, -0.2) is 0 Å². The first-order valence-electron chi connectivity index (χ1n) is 6.85. The lowest BCUT2D eigenvalue weighted by molar-refractivity contribution is -0.156. The number of carboxylic acids is 1. The molecule has 0 bridgehead atoms. The zero-order valence-corrected chi connectivity index (χ0v) is 12.4. The number of rotatable bonds is 4. The van der Waals surface area contributed by atoms with Gasteiger partial charge in [0.05, 0.1) is 11.0 Å². The summed E-state index contributed by atoms with van der Waals surface area (Å²) in [6.45, 7) is 8.69. The summed E-state index contributed by atoms with van der Waals surface area (Å²) in [6.07, 6.45) is 1.67. The fourth-order valence-corrected chi connectivity index (χ4v) is 2.27. The van der Waals surface area contributed by atoms with Crippen molar-refractivity contribution < 1.29 is 19.4 Å². The lowest BCUT2D eigenvalue weighted by atomic mass is 9.76. The maximum atomic E-state index is 12.0. The number of ether oxygens (including phenoxy) is 1. The zero-order chi connectivity index (χ0) is 14.7. The minimum absolute atomic E-state index is 0.0509. The summed E-state index contributed by atoms with van der Waals surface area (Å²) in [5.74, 6) is -0.793. The average molecular weight is 271 g/mol. The highest BCUT2D eigenvalue weighted by Gasteiger charge is 2.40. The van der Waals surface area contributed by atoms with Crippen molar-refractivity contribution in [3.8, 4) is 0 Å². The number of carbonyl (C=O) groups excluding carboxylic acids is 1. The van der Waals surface area contributed by atoms with E-state index in [4.69, 9.17) is 4.74 Å². The molecule has 0 atom stereocenters. The second kappa shape index (κ2) is 5.90. The standard InChI is InChI=1S/C14H25NO4/c1-5-14(12(17)18)6-8-15(9-7-14)11(16)10-19-13(2,3)4/h5-10H2,1-4H3,(H,17,18). The fourth-order valence-electron chi connectivity index (χ4n) is 2.27. The second-order valence-corrected chi connectivity index (χ2v) is 6.22. The number of carboxylic acid groups (broad SMARTS) is 1. The van der Waals surface area contributed by atoms with Crippen LogP contribution >= 0.6 is 0 Å². The molecule has 1 rings (SSSR count). The van der Waals surface area contributed by atoms with Gasteiger partial charge in [-0.2, -0.15) is 0 Å². The lowest BCUT2D eigenvalue weighted by Crippen LogP contribution is -2.47. The van der Waals surface area contributed by atoms with Gasteiger partial charge in [0.2, 0.25) is 5.91 Å². The smallest absolute Gasteiger partial charge is 0.309 e. The zero-order valence-electron chi connectivity index (χ0n) is 12.4. The third-order valence-electron chi connectivity index (χ3n) is 3.83. The molecule has 0 aromatic heterocycles. The van der Waals surface area contributed by atoms with Crippen molar-refractivity contribution in [2.24, 2.45) is 5.41 Å². The summed E-state index contributed by atoms with van der Waals surface area (Å²) in [5, 5.41) is 9.30. The summed E-state index contributed by atoms with van der Waals surface area (Å²) in [7, 11) is 0. The number of piperidine rings is 1. The fraction of sp³-hybridized carbons (Fsp3) is 0.857. The van der Waals surface area contributed by atoms with E-state index in [0.29, 0.717) is 32.4 Å². The molecule has 1 amide bonds. The van der Waals surface area contributed by atoms with Crippen LogP contribution in [0.25, 0.3) is 0 Å². The van der Waals surface area contributed by atoms with Gasteiger partial charge in [0.25, 0.3) is 0 Å². The van der Waals surface area contributed by atoms with Crippen LogP contribution in [0.3, 0.4) is 0 Å². The maximum Gasteiger partial charge on any atom is 0.309 e. The number of carbonyl (C=O) groups is 2. The van der Waals surface area contributed by atoms with Gasteiger partial charge in [0.1, 0.15) is 6.61 Å². The lowest BCUT2D eigenvalue weighted by Gasteiger charge is -2.38. The summed E-state index contributed by atoms with van der Waals surface area (Å²) < 4.78 is 5.46. The molecule has 0 aromatic rings. The topological polar surface area (TPSA) is 66.8 Å². The number of hydrogen-bond donors (Lipinski definition) is 1. The van der Waals surface area contributed by atoms with Crippen molar-refractivity contribution >= 4 is 11.9 Å². The van der Waals surface area contributed by atoms with Gasteiger partial charge >= 0.3 is 5.97 Å². The van der Waals surface area contributed by atoms with Crippen LogP contribution in [0.1, 0.15) is 47.0 Å². The highest BCUT2D eigenvalue weighted by molar-refractivity contribution is 5.79. The summed E-state index contributed by atoms with van der Waals surface area (Å²) in [5.41, 5.74) is -0.985. The van der Waals surface area contributed by atoms with Gasteiger partial charge in [-0.3, -0.25) is 9.59 Å². The number of hydrogen-bond acceptors (Lipinski definition) is 3. The molecule has 0 spiro atoms. The Morgan fingerprint density at radius 2 is 1.79 bits per heavy atom. The molecular formula is C14H25NO4. The van der Waals surface area contributed by atoms with Crippen molar-refractivity contribution in [3.63, 3.8) is 0 Å². The van der Waals surface area contributed by atoms with E-state index in [1.54, 1.807) is 4.90 Å². The highest BCUT2D eigenvalue weighted by atomic mass is 16.5. The molecule has 1 aliphatic rings. The van der Waals surface area contributed by atoms with Crippen LogP contribution in [0.15, 0.2) is 0 Å². The molecule has 5 heteroatoms. The van der Waals surface area contributed by atoms with E-state index >= 15 is 0 Å². The van der Waals surface area contributed by atoms with E-state index in [2.05, 4.69) is 0 Å². The molecule has 5 nitrogen and oxygen atoms in total. The predicted octanol–water partition coefficient (Wildman–Crippen LogP) is 1.90. The Labute approximate surface area is 114 Å². The summed E-state index contributed by atoms with van der Waals surface area (Å²) in [6, 6.07) is 0. The molecular weight excluding hydrogens is 246 g/mol. The number of amides is 1. The third-order valence-corrected chi connectivity index (χ3v) is 3.83. The molecule has 0 radical (unpaired) electrons. The number of aliphatic carboxylic acids is 1. The molecule has 0 saturated carbocycles. The van der Waals surface area contributed by atoms with Crippen LogP contribution in [0.4, 0.5) is 0 Å². The van der Waals surface area contributed by atoms with Crippen LogP contribution in [0, 0.1) is 5.41 Å². The van der Waals surface area contributed by atoms with Crippen LogP contribution < -0.4 is 0 Å². The Morgan fingerprint density at radius 3 is 2.16 bits per heavy atom. The SMILES string of the molecule is CCC1(C(=O)O)CCN(C(=O)COC(C)(C)C)CC1. The molecule has 1 N–H and O–H groups in total. The van der Waals surface area contributed by atoms with Crippen molar-refractivity contribution in [1.82, 2.24) is 4.90 Å². The molecule has 0 aliphatic carbocycles. The second-order valence-electron chi connectivity index (χ2n) is 6.22. The van der Waals surface area contributed by atoms with Crippen LogP contribution in [0.5, 0.6) is 0 Å². The molecule has 0 aromatic carbocycles. The van der Waals surface area contributed by atoms with E-state index in [1.165, 1.54) is 0 Å². The van der Waals surface area contributed by atoms with Crippen LogP contribution in [0.2, 0.25) is 0 Å². The third kappa shape index (κ3) is 4.20. The van der Waals surface area contributed by atoms with Gasteiger partial charge in [0.15, 0.2) is 0 Å². The molecule has 110 valence electrons. The molecule has 19 heavy (non-hydrogen) atoms. The predicted molar refractivity (Wildman–Crippen MR) is 71.9 cm³/mol. The van der Waals surface area contributed by atoms with E-state index in [0.717, 1.165) is 0 Å². The molecule has 1 saturated heterocycles. The first-order chi connectivity index (χ1) is 8.70. The summed E-state index contributed by atoms with van der Waals surface area (Å²) in [4.78, 5) is 25.0. The molecule has 0 unspecified atom stereocenters. The van der Waals surface area contributed by atoms with Crippen molar-refractivity contribution in [3.05, 3.63) is 0 Å². The molecule has 1 aliphatic heterocycles. The van der Waals surface area contributed by atoms with E-state index < -0.39 is 11.4 Å². The van der Waals surface area contributed by atoms with Gasteiger partial charge in [-0.1, -0.05) is 6.92 Å². The van der Waals surface area contributed by atoms with Crippen molar-refractivity contribution in [2.75, 3.05) is 19.7 Å². The summed E-state index contributed by atoms with van der Waals surface area (Å²) >= 11 is 0. The van der Waals surface area contributed by atoms with Crippen LogP contribution in [-0.2, 0) is 14.3 Å². The van der Waals surface area contributed by atoms with Crippen molar-refractivity contribution in [2.45, 2.75) is 52.6 Å². The van der Waals surface area contributed by atoms with E-state index in [9.17, 15) is 14.7 Å². The molecule has 1 heterocycles. The highest BCUT2D eigenvalue weighted by Crippen LogP contribution is 2.35. The number of nitrogens with zero attached hydrogens (tertiary/aromatic N) is 1. The van der Waals surface area contributed by atoms with Gasteiger partial charge in [-0.05, 0) is 40.0 Å². The van der Waals surface area contributed by atoms with Crippen molar-refractivity contribution in [1.29, 1.82) is 0 Å². The number of likely N-dealkylation sites (tertiary alicyclic amines) is 1. The Bertz CT molecular complexity index is 338. The molecule has 1 fully saturated rings. The van der Waals surface area contributed by atoms with Gasteiger partial charge in [0, 0.05) is 13.1 Å². The largest absolute Gasteiger partial charge is 0.481 e. The quantitative estimate of drug-likeness (QED) is 0.848. The van der Waals surface area contributed by atoms with Crippen LogP contribution in [-0.4, -0.2) is 47.2 Å². The first kappa shape index (κ1) is 16.0.